The van der Waals surface area contributed by atoms with Gasteiger partial charge in [0.05, 0.1) is 30.5 Å². The molecule has 0 N–H and O–H groups in total. The van der Waals surface area contributed by atoms with E-state index in [4.69, 9.17) is 9.47 Å². The molecule has 39 heavy (non-hydrogen) atoms. The van der Waals surface area contributed by atoms with Crippen molar-refractivity contribution in [1.82, 2.24) is 14.7 Å². The highest BCUT2D eigenvalue weighted by Crippen LogP contribution is 2.33. The van der Waals surface area contributed by atoms with Gasteiger partial charge in [0.25, 0.3) is 5.91 Å². The van der Waals surface area contributed by atoms with Crippen molar-refractivity contribution in [2.24, 2.45) is 7.05 Å². The molecular weight excluding hydrogens is 504 g/mol. The number of ether oxygens (including phenoxy) is 2. The number of rotatable bonds is 8. The molecule has 0 radical (unpaired) electrons. The van der Waals surface area contributed by atoms with Crippen molar-refractivity contribution < 1.29 is 27.8 Å². The molecule has 1 aliphatic rings. The van der Waals surface area contributed by atoms with Crippen molar-refractivity contribution in [2.45, 2.75) is 13.0 Å². The summed E-state index contributed by atoms with van der Waals surface area (Å²) in [7, 11) is 1.77. The van der Waals surface area contributed by atoms with E-state index in [-0.39, 0.29) is 41.8 Å². The lowest BCUT2D eigenvalue weighted by atomic mass is 9.93. The number of carbonyl (C=O) groups excluding carboxylic acids is 2. The van der Waals surface area contributed by atoms with Gasteiger partial charge in [-0.3, -0.25) is 14.3 Å². The lowest BCUT2D eigenvalue weighted by Crippen LogP contribution is -2.40. The molecule has 1 aromatic heterocycles. The number of aryl methyl sites for hydroxylation is 1. The summed E-state index contributed by atoms with van der Waals surface area (Å²) in [4.78, 5) is 29.0. The number of Topliss-reactive ketones (excluding diaryl/α,β-unsaturated/α-hetero) is 1. The van der Waals surface area contributed by atoms with E-state index in [1.165, 1.54) is 24.3 Å². The van der Waals surface area contributed by atoms with Crippen LogP contribution in [0.1, 0.15) is 31.8 Å². The predicted molar refractivity (Wildman–Crippen MR) is 141 cm³/mol. The van der Waals surface area contributed by atoms with Crippen LogP contribution in [0.4, 0.5) is 8.78 Å². The third-order valence-corrected chi connectivity index (χ3v) is 6.53. The minimum atomic E-state index is -0.435. The van der Waals surface area contributed by atoms with Crippen molar-refractivity contribution in [3.8, 4) is 16.9 Å². The maximum atomic E-state index is 13.8. The molecule has 1 aliphatic heterocycles. The molecule has 4 aromatic rings. The van der Waals surface area contributed by atoms with Crippen LogP contribution in [0.15, 0.2) is 73.1 Å². The first kappa shape index (κ1) is 26.2. The monoisotopic (exact) mass is 531 g/mol. The van der Waals surface area contributed by atoms with E-state index >= 15 is 0 Å². The summed E-state index contributed by atoms with van der Waals surface area (Å²) in [5, 5.41) is 4.25. The average molecular weight is 532 g/mol. The van der Waals surface area contributed by atoms with Crippen LogP contribution >= 0.6 is 0 Å². The summed E-state index contributed by atoms with van der Waals surface area (Å²) in [6.07, 6.45) is 3.34. The molecule has 1 fully saturated rings. The lowest BCUT2D eigenvalue weighted by molar-refractivity contribution is 0.0303. The Hall–Kier alpha value is -4.37. The first-order valence-electron chi connectivity index (χ1n) is 12.6. The largest absolute Gasteiger partial charge is 0.488 e. The molecule has 9 heteroatoms. The van der Waals surface area contributed by atoms with E-state index in [2.05, 4.69) is 5.10 Å². The second kappa shape index (κ2) is 11.6. The molecule has 2 heterocycles. The molecule has 0 saturated carbocycles. The van der Waals surface area contributed by atoms with E-state index < -0.39 is 5.82 Å². The molecule has 5 rings (SSSR count). The van der Waals surface area contributed by atoms with Crippen molar-refractivity contribution in [3.05, 3.63) is 107 Å². The normalized spacial score (nSPS) is 13.4. The van der Waals surface area contributed by atoms with Crippen LogP contribution in [0, 0.1) is 11.6 Å². The van der Waals surface area contributed by atoms with E-state index in [1.807, 2.05) is 0 Å². The Bertz CT molecular complexity index is 1490. The quantitative estimate of drug-likeness (QED) is 0.304. The zero-order chi connectivity index (χ0) is 27.4. The molecule has 7 nitrogen and oxygen atoms in total. The standard InChI is InChI=1S/C30H27F2N3O4/c1-34-18-22(17-33-34)25-15-27(28(36)14-21-3-2-4-24(32)13-21)29(39-19-20-5-7-23(31)8-6-20)16-26(25)30(37)35-9-11-38-12-10-35/h2-8,13,15-18H,9-12,14,19H2,1H3. The number of nitrogens with zero attached hydrogens (tertiary/aromatic N) is 3. The zero-order valence-electron chi connectivity index (χ0n) is 21.4. The van der Waals surface area contributed by atoms with Crippen molar-refractivity contribution in [3.63, 3.8) is 0 Å². The number of amides is 1. The van der Waals surface area contributed by atoms with Gasteiger partial charge in [-0.25, -0.2) is 8.78 Å². The zero-order valence-corrected chi connectivity index (χ0v) is 21.4. The van der Waals surface area contributed by atoms with E-state index in [0.717, 1.165) is 0 Å². The Balaban J connectivity index is 1.58. The van der Waals surface area contributed by atoms with Gasteiger partial charge in [-0.2, -0.15) is 5.10 Å². The number of ketones is 1. The van der Waals surface area contributed by atoms with Crippen LogP contribution in [0.5, 0.6) is 5.75 Å². The number of benzene rings is 3. The molecule has 1 saturated heterocycles. The van der Waals surface area contributed by atoms with E-state index in [1.54, 1.807) is 65.4 Å². The Morgan fingerprint density at radius 2 is 1.72 bits per heavy atom. The number of halogens is 2. The Morgan fingerprint density at radius 1 is 0.949 bits per heavy atom. The number of carbonyl (C=O) groups is 2. The highest BCUT2D eigenvalue weighted by atomic mass is 19.1. The summed E-state index contributed by atoms with van der Waals surface area (Å²) in [6, 6.07) is 14.9. The second-order valence-corrected chi connectivity index (χ2v) is 9.35. The summed E-state index contributed by atoms with van der Waals surface area (Å²) >= 11 is 0. The van der Waals surface area contributed by atoms with Gasteiger partial charge in [-0.15, -0.1) is 0 Å². The Labute approximate surface area is 224 Å². The molecule has 200 valence electrons. The van der Waals surface area contributed by atoms with E-state index in [9.17, 15) is 18.4 Å². The van der Waals surface area contributed by atoms with Crippen LogP contribution in [0.3, 0.4) is 0 Å². The minimum Gasteiger partial charge on any atom is -0.488 e. The first-order chi connectivity index (χ1) is 18.9. The number of hydrogen-bond acceptors (Lipinski definition) is 5. The van der Waals surface area contributed by atoms with Crippen LogP contribution < -0.4 is 4.74 Å². The topological polar surface area (TPSA) is 73.7 Å². The van der Waals surface area contributed by atoms with Gasteiger partial charge in [-0.05, 0) is 53.1 Å². The molecule has 0 atom stereocenters. The Morgan fingerprint density at radius 3 is 2.41 bits per heavy atom. The first-order valence-corrected chi connectivity index (χ1v) is 12.6. The summed E-state index contributed by atoms with van der Waals surface area (Å²) < 4.78 is 40.3. The molecule has 0 spiro atoms. The number of aromatic nitrogens is 2. The molecule has 0 bridgehead atoms. The summed E-state index contributed by atoms with van der Waals surface area (Å²) in [5.74, 6) is -1.11. The fourth-order valence-electron chi connectivity index (χ4n) is 4.50. The van der Waals surface area contributed by atoms with Gasteiger partial charge in [0.15, 0.2) is 5.78 Å². The highest BCUT2D eigenvalue weighted by Gasteiger charge is 2.26. The molecule has 3 aromatic carbocycles. The predicted octanol–water partition coefficient (Wildman–Crippen LogP) is 4.84. The third kappa shape index (κ3) is 6.21. The molecular formula is C30H27F2N3O4. The maximum absolute atomic E-state index is 13.8. The van der Waals surface area contributed by atoms with Gasteiger partial charge >= 0.3 is 0 Å². The van der Waals surface area contributed by atoms with Gasteiger partial charge in [0.1, 0.15) is 24.0 Å². The maximum Gasteiger partial charge on any atom is 0.254 e. The van der Waals surface area contributed by atoms with Crippen LogP contribution in [0.2, 0.25) is 0 Å². The summed E-state index contributed by atoms with van der Waals surface area (Å²) in [5.41, 5.74) is 3.02. The second-order valence-electron chi connectivity index (χ2n) is 9.35. The highest BCUT2D eigenvalue weighted by molar-refractivity contribution is 6.06. The smallest absolute Gasteiger partial charge is 0.254 e. The van der Waals surface area contributed by atoms with Crippen LogP contribution in [-0.4, -0.2) is 52.7 Å². The minimum absolute atomic E-state index is 0.0535. The lowest BCUT2D eigenvalue weighted by Gasteiger charge is -2.28. The Kier molecular flexibility index (Phi) is 7.79. The van der Waals surface area contributed by atoms with Crippen LogP contribution in [0.25, 0.3) is 11.1 Å². The van der Waals surface area contributed by atoms with Crippen molar-refractivity contribution in [2.75, 3.05) is 26.3 Å². The molecule has 0 unspecified atom stereocenters. The van der Waals surface area contributed by atoms with Crippen molar-refractivity contribution in [1.29, 1.82) is 0 Å². The van der Waals surface area contributed by atoms with Crippen LogP contribution in [-0.2, 0) is 24.8 Å². The summed E-state index contributed by atoms with van der Waals surface area (Å²) in [6.45, 7) is 1.81. The fourth-order valence-corrected chi connectivity index (χ4v) is 4.50. The fraction of sp³-hybridized carbons (Fsp3) is 0.233. The SMILES string of the molecule is Cn1cc(-c2cc(C(=O)Cc3cccc(F)c3)c(OCc3ccc(F)cc3)cc2C(=O)N2CCOCC2)cn1. The molecule has 0 aliphatic carbocycles. The van der Waals surface area contributed by atoms with Gasteiger partial charge in [0.2, 0.25) is 0 Å². The number of morpholine rings is 1. The van der Waals surface area contributed by atoms with Gasteiger partial charge in [-0.1, -0.05) is 24.3 Å². The average Bonchev–Trinajstić information content (AvgIpc) is 3.38. The van der Waals surface area contributed by atoms with Gasteiger partial charge in [0, 0.05) is 38.3 Å². The van der Waals surface area contributed by atoms with Gasteiger partial charge < -0.3 is 14.4 Å². The van der Waals surface area contributed by atoms with E-state index in [0.29, 0.717) is 54.1 Å². The van der Waals surface area contributed by atoms with Crippen molar-refractivity contribution >= 4 is 11.7 Å². The third-order valence-electron chi connectivity index (χ3n) is 6.53. The molecule has 1 amide bonds. The number of hydrogen-bond donors (Lipinski definition) is 0.